The Morgan fingerprint density at radius 3 is 2.14 bits per heavy atom. The maximum atomic E-state index is 13.7. The van der Waals surface area contributed by atoms with Gasteiger partial charge >= 0.3 is 0 Å². The highest BCUT2D eigenvalue weighted by atomic mass is 16.2. The van der Waals surface area contributed by atoms with Crippen molar-refractivity contribution in [3.63, 3.8) is 0 Å². The number of carbonyl (C=O) groups is 2. The molecule has 4 aromatic rings. The van der Waals surface area contributed by atoms with Crippen molar-refractivity contribution in [2.45, 2.75) is 44.1 Å². The Morgan fingerprint density at radius 1 is 0.833 bits per heavy atom. The second-order valence-electron chi connectivity index (χ2n) is 11.1. The second-order valence-corrected chi connectivity index (χ2v) is 11.1. The van der Waals surface area contributed by atoms with Gasteiger partial charge < -0.3 is 15.1 Å². The summed E-state index contributed by atoms with van der Waals surface area (Å²) in [5.74, 6) is 0.509. The zero-order valence-corrected chi connectivity index (χ0v) is 24.3. The Labute approximate surface area is 250 Å². The molecule has 1 aliphatic rings. The molecule has 1 saturated heterocycles. The van der Waals surface area contributed by atoms with Crippen LogP contribution < -0.4 is 10.2 Å². The number of para-hydroxylation sites is 1. The fraction of sp³-hybridized carbons (Fsp3) is 0.297. The smallest absolute Gasteiger partial charge is 0.243 e. The van der Waals surface area contributed by atoms with E-state index in [4.69, 9.17) is 0 Å². The predicted molar refractivity (Wildman–Crippen MR) is 171 cm³/mol. The van der Waals surface area contributed by atoms with Gasteiger partial charge in [-0.2, -0.15) is 0 Å². The molecule has 2 amide bonds. The summed E-state index contributed by atoms with van der Waals surface area (Å²) in [6.45, 7) is 3.56. The molecule has 1 atom stereocenters. The second kappa shape index (κ2) is 15.1. The van der Waals surface area contributed by atoms with Crippen molar-refractivity contribution < 1.29 is 9.59 Å². The van der Waals surface area contributed by atoms with Gasteiger partial charge in [-0.15, -0.1) is 0 Å². The van der Waals surface area contributed by atoms with Crippen molar-refractivity contribution in [3.05, 3.63) is 126 Å². The molecular weight excluding hydrogens is 518 g/mol. The Kier molecular flexibility index (Phi) is 10.5. The van der Waals surface area contributed by atoms with Crippen LogP contribution in [0.4, 0.5) is 5.69 Å². The van der Waals surface area contributed by atoms with Gasteiger partial charge in [-0.1, -0.05) is 109 Å². The third-order valence-corrected chi connectivity index (χ3v) is 8.39. The normalized spacial score (nSPS) is 14.7. The standard InChI is InChI=1S/C37H41N3O2/c41-29-40(35-20-11-10-19-34(35)33-17-8-3-9-18-33)36(37(42)38-25-22-30-13-4-1-5-14-30)21-12-26-39-27-23-32(24-28-39)31-15-6-2-7-16-31/h1-11,13-20,29,32,36H,12,21-28H2,(H,38,42)/t36-/m0/s1. The molecule has 0 saturated carbocycles. The summed E-state index contributed by atoms with van der Waals surface area (Å²) in [7, 11) is 0. The zero-order valence-electron chi connectivity index (χ0n) is 24.3. The summed E-state index contributed by atoms with van der Waals surface area (Å²) in [5, 5.41) is 3.13. The van der Waals surface area contributed by atoms with Gasteiger partial charge in [0.15, 0.2) is 0 Å². The minimum Gasteiger partial charge on any atom is -0.354 e. The van der Waals surface area contributed by atoms with Crippen LogP contribution >= 0.6 is 0 Å². The number of benzene rings is 4. The van der Waals surface area contributed by atoms with Crippen LogP contribution in [0.3, 0.4) is 0 Å². The van der Waals surface area contributed by atoms with Crippen LogP contribution in [0.1, 0.15) is 42.7 Å². The molecule has 5 nitrogen and oxygen atoms in total. The Morgan fingerprint density at radius 2 is 1.45 bits per heavy atom. The summed E-state index contributed by atoms with van der Waals surface area (Å²) >= 11 is 0. The van der Waals surface area contributed by atoms with Crippen LogP contribution in [0.5, 0.6) is 0 Å². The van der Waals surface area contributed by atoms with E-state index in [0.29, 0.717) is 18.9 Å². The lowest BCUT2D eigenvalue weighted by Gasteiger charge is -2.33. The summed E-state index contributed by atoms with van der Waals surface area (Å²) < 4.78 is 0. The van der Waals surface area contributed by atoms with Gasteiger partial charge in [-0.25, -0.2) is 0 Å². The maximum absolute atomic E-state index is 13.7. The van der Waals surface area contributed by atoms with Crippen LogP contribution in [0.2, 0.25) is 0 Å². The molecule has 1 N–H and O–H groups in total. The Balaban J connectivity index is 1.27. The first-order valence-electron chi connectivity index (χ1n) is 15.2. The molecule has 0 unspecified atom stereocenters. The molecule has 5 heteroatoms. The number of amides is 2. The van der Waals surface area contributed by atoms with Gasteiger partial charge in [0.1, 0.15) is 6.04 Å². The number of nitrogens with one attached hydrogen (secondary N) is 1. The number of piperidine rings is 1. The van der Waals surface area contributed by atoms with E-state index in [1.165, 1.54) is 11.1 Å². The SMILES string of the molecule is O=CN(c1ccccc1-c1ccccc1)[C@@H](CCCN1CCC(c2ccccc2)CC1)C(=O)NCCc1ccccc1. The third kappa shape index (κ3) is 7.74. The van der Waals surface area contributed by atoms with Crippen LogP contribution in [0, 0.1) is 0 Å². The fourth-order valence-corrected chi connectivity index (χ4v) is 6.07. The van der Waals surface area contributed by atoms with E-state index in [-0.39, 0.29) is 5.91 Å². The average Bonchev–Trinajstić information content (AvgIpc) is 3.06. The summed E-state index contributed by atoms with van der Waals surface area (Å²) in [6.07, 6.45) is 5.31. The van der Waals surface area contributed by atoms with Gasteiger partial charge in [-0.05, 0) is 80.4 Å². The first-order chi connectivity index (χ1) is 20.7. The highest BCUT2D eigenvalue weighted by Crippen LogP contribution is 2.32. The number of hydrogen-bond acceptors (Lipinski definition) is 3. The van der Waals surface area contributed by atoms with Crippen molar-refractivity contribution in [2.24, 2.45) is 0 Å². The lowest BCUT2D eigenvalue weighted by Crippen LogP contribution is -2.47. The van der Waals surface area contributed by atoms with E-state index in [1.807, 2.05) is 72.8 Å². The topological polar surface area (TPSA) is 52.7 Å². The number of rotatable bonds is 13. The summed E-state index contributed by atoms with van der Waals surface area (Å²) in [4.78, 5) is 30.6. The monoisotopic (exact) mass is 559 g/mol. The molecule has 216 valence electrons. The molecule has 1 heterocycles. The molecule has 0 spiro atoms. The van der Waals surface area contributed by atoms with E-state index in [1.54, 1.807) is 4.90 Å². The summed E-state index contributed by atoms with van der Waals surface area (Å²) in [6, 6.07) is 38.3. The minimum atomic E-state index is -0.593. The minimum absolute atomic E-state index is 0.108. The molecular formula is C37H41N3O2. The quantitative estimate of drug-likeness (QED) is 0.185. The van der Waals surface area contributed by atoms with Gasteiger partial charge in [0.25, 0.3) is 0 Å². The molecule has 5 rings (SSSR count). The van der Waals surface area contributed by atoms with E-state index < -0.39 is 6.04 Å². The molecule has 1 aliphatic heterocycles. The van der Waals surface area contributed by atoms with Crippen LogP contribution in [0.25, 0.3) is 11.1 Å². The molecule has 0 aliphatic carbocycles. The number of hydrogen-bond donors (Lipinski definition) is 1. The van der Waals surface area contributed by atoms with Gasteiger partial charge in [-0.3, -0.25) is 9.59 Å². The highest BCUT2D eigenvalue weighted by molar-refractivity contribution is 5.95. The lowest BCUT2D eigenvalue weighted by molar-refractivity contribution is -0.124. The Hall–Kier alpha value is -4.22. The third-order valence-electron chi connectivity index (χ3n) is 8.39. The first-order valence-corrected chi connectivity index (χ1v) is 15.2. The highest BCUT2D eigenvalue weighted by Gasteiger charge is 2.28. The zero-order chi connectivity index (χ0) is 29.0. The fourth-order valence-electron chi connectivity index (χ4n) is 6.07. The van der Waals surface area contributed by atoms with Crippen LogP contribution in [0.15, 0.2) is 115 Å². The number of carbonyl (C=O) groups excluding carboxylic acids is 2. The van der Waals surface area contributed by atoms with Gasteiger partial charge in [0.05, 0.1) is 5.69 Å². The maximum Gasteiger partial charge on any atom is 0.243 e. The molecule has 42 heavy (non-hydrogen) atoms. The number of likely N-dealkylation sites (tertiary alicyclic amines) is 1. The average molecular weight is 560 g/mol. The Bertz CT molecular complexity index is 1390. The lowest BCUT2D eigenvalue weighted by atomic mass is 9.89. The van der Waals surface area contributed by atoms with Gasteiger partial charge in [0, 0.05) is 12.1 Å². The molecule has 4 aromatic carbocycles. The largest absolute Gasteiger partial charge is 0.354 e. The molecule has 1 fully saturated rings. The molecule has 0 radical (unpaired) electrons. The summed E-state index contributed by atoms with van der Waals surface area (Å²) in [5.41, 5.74) is 5.32. The van der Waals surface area contributed by atoms with E-state index >= 15 is 0 Å². The van der Waals surface area contributed by atoms with E-state index in [9.17, 15) is 9.59 Å². The van der Waals surface area contributed by atoms with Crippen molar-refractivity contribution in [3.8, 4) is 11.1 Å². The van der Waals surface area contributed by atoms with Crippen molar-refractivity contribution in [1.29, 1.82) is 0 Å². The first kappa shape index (κ1) is 29.3. The van der Waals surface area contributed by atoms with Crippen LogP contribution in [-0.2, 0) is 16.0 Å². The molecule has 0 aromatic heterocycles. The van der Waals surface area contributed by atoms with Gasteiger partial charge in [0.2, 0.25) is 12.3 Å². The molecule has 0 bridgehead atoms. The van der Waals surface area contributed by atoms with Crippen molar-refractivity contribution in [2.75, 3.05) is 31.1 Å². The van der Waals surface area contributed by atoms with E-state index in [0.717, 1.165) is 68.5 Å². The number of anilines is 1. The van der Waals surface area contributed by atoms with Crippen molar-refractivity contribution >= 4 is 18.0 Å². The van der Waals surface area contributed by atoms with Crippen molar-refractivity contribution in [1.82, 2.24) is 10.2 Å². The van der Waals surface area contributed by atoms with Crippen LogP contribution in [-0.4, -0.2) is 49.4 Å². The number of nitrogens with zero attached hydrogens (tertiary/aromatic N) is 2. The predicted octanol–water partition coefficient (Wildman–Crippen LogP) is 6.70. The van der Waals surface area contributed by atoms with E-state index in [2.05, 4.69) is 52.7 Å².